The molecule has 0 saturated carbocycles. The summed E-state index contributed by atoms with van der Waals surface area (Å²) >= 11 is 0. The second-order valence-corrected chi connectivity index (χ2v) is 13.3. The van der Waals surface area contributed by atoms with Crippen LogP contribution in [-0.4, -0.2) is 53.9 Å². The molecule has 0 bridgehead atoms. The summed E-state index contributed by atoms with van der Waals surface area (Å²) in [6.07, 6.45) is -0.0986. The van der Waals surface area contributed by atoms with Gasteiger partial charge in [0.15, 0.2) is 0 Å². The van der Waals surface area contributed by atoms with Crippen LogP contribution < -0.4 is 27.0 Å². The summed E-state index contributed by atoms with van der Waals surface area (Å²) in [6.45, 7) is 8.91. The Morgan fingerprint density at radius 2 is 1.08 bits per heavy atom. The van der Waals surface area contributed by atoms with E-state index in [9.17, 15) is 24.0 Å². The fourth-order valence-corrected chi connectivity index (χ4v) is 5.23. The Morgan fingerprint density at radius 1 is 0.600 bits per heavy atom. The monoisotopic (exact) mass is 685 g/mol. The first-order valence-corrected chi connectivity index (χ1v) is 17.1. The number of carbonyl (C=O) groups excluding carboxylic acids is 5. The first-order chi connectivity index (χ1) is 23.8. The van der Waals surface area contributed by atoms with E-state index in [1.165, 1.54) is 6.92 Å². The first-order valence-electron chi connectivity index (χ1n) is 17.1. The summed E-state index contributed by atoms with van der Waals surface area (Å²) in [5.74, 6) is -4.36. The van der Waals surface area contributed by atoms with Crippen LogP contribution in [0.5, 0.6) is 0 Å². The highest BCUT2D eigenvalue weighted by molar-refractivity contribution is 6.01. The first kappa shape index (κ1) is 39.4. The molecule has 0 heterocycles. The molecular formula is C39H51N5O6. The molecule has 1 unspecified atom stereocenters. The van der Waals surface area contributed by atoms with Crippen LogP contribution in [0.15, 0.2) is 91.0 Å². The van der Waals surface area contributed by atoms with E-state index in [0.29, 0.717) is 12.8 Å². The van der Waals surface area contributed by atoms with Gasteiger partial charge >= 0.3 is 5.97 Å². The molecule has 3 aromatic carbocycles. The Bertz CT molecular complexity index is 1530. The summed E-state index contributed by atoms with van der Waals surface area (Å²) in [5.41, 5.74) is 8.71. The van der Waals surface area contributed by atoms with Crippen LogP contribution in [0.4, 0.5) is 0 Å². The summed E-state index contributed by atoms with van der Waals surface area (Å²) in [7, 11) is 0. The number of rotatable bonds is 18. The van der Waals surface area contributed by atoms with E-state index in [-0.39, 0.29) is 24.9 Å². The summed E-state index contributed by atoms with van der Waals surface area (Å²) < 4.78 is 5.48. The normalized spacial score (nSPS) is 14.1. The number of nitrogens with two attached hydrogens (primary N) is 1. The van der Waals surface area contributed by atoms with Gasteiger partial charge in [-0.25, -0.2) is 4.79 Å². The van der Waals surface area contributed by atoms with Gasteiger partial charge in [-0.3, -0.25) is 19.2 Å². The molecule has 11 heteroatoms. The molecule has 0 radical (unpaired) electrons. The van der Waals surface area contributed by atoms with E-state index >= 15 is 0 Å². The minimum absolute atomic E-state index is 0.0534. The Labute approximate surface area is 295 Å². The predicted molar refractivity (Wildman–Crippen MR) is 192 cm³/mol. The van der Waals surface area contributed by atoms with Crippen LogP contribution in [0, 0.1) is 17.8 Å². The molecule has 0 fully saturated rings. The Morgan fingerprint density at radius 3 is 1.60 bits per heavy atom. The quantitative estimate of drug-likeness (QED) is 0.0777. The minimum atomic E-state index is -1.21. The number of hydrogen-bond acceptors (Lipinski definition) is 7. The van der Waals surface area contributed by atoms with Crippen molar-refractivity contribution in [2.24, 2.45) is 23.5 Å². The van der Waals surface area contributed by atoms with Crippen LogP contribution in [0.25, 0.3) is 0 Å². The molecule has 0 aliphatic heterocycles. The van der Waals surface area contributed by atoms with E-state index in [4.69, 9.17) is 10.5 Å². The maximum atomic E-state index is 13.6. The van der Waals surface area contributed by atoms with Crippen LogP contribution >= 0.6 is 0 Å². The molecule has 3 aromatic rings. The van der Waals surface area contributed by atoms with Gasteiger partial charge in [-0.05, 0) is 48.3 Å². The van der Waals surface area contributed by atoms with E-state index in [2.05, 4.69) is 21.3 Å². The zero-order valence-electron chi connectivity index (χ0n) is 29.6. The van der Waals surface area contributed by atoms with E-state index < -0.39 is 59.8 Å². The highest BCUT2D eigenvalue weighted by Crippen LogP contribution is 2.12. The molecule has 268 valence electrons. The Balaban J connectivity index is 1.68. The highest BCUT2D eigenvalue weighted by Gasteiger charge is 2.32. The number of benzene rings is 3. The molecule has 6 N–H and O–H groups in total. The second kappa shape index (κ2) is 19.8. The summed E-state index contributed by atoms with van der Waals surface area (Å²) in [4.78, 5) is 66.4. The molecule has 50 heavy (non-hydrogen) atoms. The van der Waals surface area contributed by atoms with Crippen molar-refractivity contribution >= 4 is 29.6 Å². The Hall–Kier alpha value is -5.03. The number of esters is 1. The topological polar surface area (TPSA) is 169 Å². The second-order valence-electron chi connectivity index (χ2n) is 13.3. The Kier molecular flexibility index (Phi) is 15.6. The van der Waals surface area contributed by atoms with E-state index in [1.54, 1.807) is 13.8 Å². The number of carbonyl (C=O) groups is 5. The maximum Gasteiger partial charge on any atom is 0.328 e. The van der Waals surface area contributed by atoms with Gasteiger partial charge in [0.2, 0.25) is 23.6 Å². The van der Waals surface area contributed by atoms with Gasteiger partial charge in [-0.2, -0.15) is 0 Å². The average molecular weight is 686 g/mol. The summed E-state index contributed by atoms with van der Waals surface area (Å²) in [5, 5.41) is 11.1. The van der Waals surface area contributed by atoms with E-state index in [0.717, 1.165) is 16.7 Å². The molecule has 0 aromatic heterocycles. The van der Waals surface area contributed by atoms with Crippen LogP contribution in [-0.2, 0) is 48.2 Å². The zero-order chi connectivity index (χ0) is 36.6. The minimum Gasteiger partial charge on any atom is -0.459 e. The molecule has 0 spiro atoms. The molecule has 0 aliphatic rings. The fourth-order valence-electron chi connectivity index (χ4n) is 5.23. The predicted octanol–water partition coefficient (Wildman–Crippen LogP) is 3.41. The molecule has 3 rings (SSSR count). The van der Waals surface area contributed by atoms with Gasteiger partial charge in [0, 0.05) is 6.42 Å². The van der Waals surface area contributed by atoms with Gasteiger partial charge in [-0.1, -0.05) is 119 Å². The van der Waals surface area contributed by atoms with Crippen molar-refractivity contribution in [3.05, 3.63) is 108 Å². The molecule has 4 amide bonds. The van der Waals surface area contributed by atoms with Crippen molar-refractivity contribution in [3.8, 4) is 0 Å². The van der Waals surface area contributed by atoms with Crippen LogP contribution in [0.1, 0.15) is 57.7 Å². The maximum absolute atomic E-state index is 13.6. The van der Waals surface area contributed by atoms with E-state index in [1.807, 2.05) is 105 Å². The largest absolute Gasteiger partial charge is 0.459 e. The average Bonchev–Trinajstić information content (AvgIpc) is 3.09. The number of nitrogens with one attached hydrogen (secondary N) is 4. The molecule has 0 saturated heterocycles. The van der Waals surface area contributed by atoms with Gasteiger partial charge in [0.05, 0.1) is 6.04 Å². The van der Waals surface area contributed by atoms with Crippen molar-refractivity contribution in [2.45, 2.75) is 84.8 Å². The molecule has 5 atom stereocenters. The third-order valence-electron chi connectivity index (χ3n) is 8.12. The van der Waals surface area contributed by atoms with Crippen molar-refractivity contribution < 1.29 is 28.7 Å². The van der Waals surface area contributed by atoms with Gasteiger partial charge < -0.3 is 31.7 Å². The highest BCUT2D eigenvalue weighted by atomic mass is 16.5. The number of amides is 4. The van der Waals surface area contributed by atoms with Crippen molar-refractivity contribution in [3.63, 3.8) is 0 Å². The lowest BCUT2D eigenvalue weighted by molar-refractivity contribution is -0.150. The van der Waals surface area contributed by atoms with Gasteiger partial charge in [0.1, 0.15) is 30.8 Å². The van der Waals surface area contributed by atoms with Crippen molar-refractivity contribution in [1.29, 1.82) is 0 Å². The van der Waals surface area contributed by atoms with Gasteiger partial charge in [-0.15, -0.1) is 0 Å². The lowest BCUT2D eigenvalue weighted by Crippen LogP contribution is -2.59. The van der Waals surface area contributed by atoms with Crippen molar-refractivity contribution in [2.75, 3.05) is 0 Å². The molecule has 0 aliphatic carbocycles. The standard InChI is InChI=1S/C39H51N5O6/c1-25(2)21-32(39(49)50-24-30-19-13-8-14-20-30)41-35(45)27(5)36(46)42-33(23-29-17-11-7-12-18-29)43-38(48)34(26(3)4)44-37(47)31(40)22-28-15-9-6-10-16-28/h6-20,25-27,31-34H,21-24,40H2,1-5H3,(H,41,45)(H,42,46)(H,43,48)(H,44,47)/t27?,31-,32-,33-,34-/m0/s1. The molecular weight excluding hydrogens is 634 g/mol. The third kappa shape index (κ3) is 13.1. The fraction of sp³-hybridized carbons (Fsp3) is 0.410. The lowest BCUT2D eigenvalue weighted by Gasteiger charge is -2.28. The third-order valence-corrected chi connectivity index (χ3v) is 8.12. The molecule has 11 nitrogen and oxygen atoms in total. The number of hydrogen-bond donors (Lipinski definition) is 5. The van der Waals surface area contributed by atoms with Crippen molar-refractivity contribution in [1.82, 2.24) is 21.3 Å². The van der Waals surface area contributed by atoms with Crippen LogP contribution in [0.3, 0.4) is 0 Å². The van der Waals surface area contributed by atoms with Crippen LogP contribution in [0.2, 0.25) is 0 Å². The van der Waals surface area contributed by atoms with Gasteiger partial charge in [0.25, 0.3) is 0 Å². The SMILES string of the molecule is CC(C)C[C@H](NC(=O)C(C)C(=O)N[C@H](Cc1ccccc1)NC(=O)[C@@H](NC(=O)[C@@H](N)Cc1ccccc1)C(C)C)C(=O)OCc1ccccc1. The zero-order valence-corrected chi connectivity index (χ0v) is 29.6. The summed E-state index contributed by atoms with van der Waals surface area (Å²) in [6, 6.07) is 25.0. The lowest BCUT2D eigenvalue weighted by atomic mass is 10.0. The number of ether oxygens (including phenoxy) is 1. The smallest absolute Gasteiger partial charge is 0.328 e.